The minimum absolute atomic E-state index is 0.184. The van der Waals surface area contributed by atoms with Gasteiger partial charge in [-0.15, -0.1) is 0 Å². The van der Waals surface area contributed by atoms with Crippen LogP contribution in [-0.4, -0.2) is 49.4 Å². The number of methoxy groups -OCH3 is 2. The van der Waals surface area contributed by atoms with Crippen LogP contribution in [0, 0.1) is 0 Å². The van der Waals surface area contributed by atoms with E-state index < -0.39 is 23.7 Å². The predicted molar refractivity (Wildman–Crippen MR) is 96.6 cm³/mol. The molecule has 1 aromatic carbocycles. The van der Waals surface area contributed by atoms with Crippen LogP contribution in [0.4, 0.5) is 4.79 Å². The summed E-state index contributed by atoms with van der Waals surface area (Å²) in [7, 11) is 3.02. The molecular weight excluding hydrogens is 414 g/mol. The minimum atomic E-state index is -0.627. The monoisotopic (exact) mass is 429 g/mol. The van der Waals surface area contributed by atoms with Crippen LogP contribution in [-0.2, 0) is 14.3 Å². The van der Waals surface area contributed by atoms with E-state index in [1.54, 1.807) is 25.1 Å². The van der Waals surface area contributed by atoms with E-state index in [0.717, 1.165) is 16.7 Å². The fourth-order valence-electron chi connectivity index (χ4n) is 2.09. The molecule has 134 valence electrons. The number of benzene rings is 1. The minimum Gasteiger partial charge on any atom is -0.493 e. The van der Waals surface area contributed by atoms with Crippen molar-refractivity contribution in [3.05, 3.63) is 27.1 Å². The van der Waals surface area contributed by atoms with Crippen molar-refractivity contribution in [3.63, 3.8) is 0 Å². The number of carbonyl (C=O) groups excluding carboxylic acids is 3. The van der Waals surface area contributed by atoms with Gasteiger partial charge in [0.05, 0.1) is 25.7 Å². The van der Waals surface area contributed by atoms with E-state index in [9.17, 15) is 14.4 Å². The molecule has 0 aliphatic carbocycles. The van der Waals surface area contributed by atoms with Crippen molar-refractivity contribution in [1.82, 2.24) is 4.90 Å². The molecule has 1 aliphatic rings. The Balaban J connectivity index is 2.29. The molecule has 2 rings (SSSR count). The first-order chi connectivity index (χ1) is 11.9. The largest absolute Gasteiger partial charge is 0.493 e. The van der Waals surface area contributed by atoms with Crippen LogP contribution in [0.3, 0.4) is 0 Å². The molecule has 1 saturated heterocycles. The van der Waals surface area contributed by atoms with Gasteiger partial charge in [-0.25, -0.2) is 0 Å². The van der Waals surface area contributed by atoms with Gasteiger partial charge in [0, 0.05) is 4.47 Å². The average molecular weight is 430 g/mol. The number of halogens is 1. The lowest BCUT2D eigenvalue weighted by atomic mass is 10.2. The van der Waals surface area contributed by atoms with Gasteiger partial charge in [0.1, 0.15) is 6.54 Å². The summed E-state index contributed by atoms with van der Waals surface area (Å²) >= 11 is 4.16. The van der Waals surface area contributed by atoms with Crippen molar-refractivity contribution >= 4 is 50.9 Å². The summed E-state index contributed by atoms with van der Waals surface area (Å²) in [5, 5.41) is -0.513. The summed E-state index contributed by atoms with van der Waals surface area (Å²) in [5.41, 5.74) is 0.638. The normalized spacial score (nSPS) is 15.7. The second-order valence-corrected chi connectivity index (χ2v) is 6.65. The fraction of sp³-hybridized carbons (Fsp3) is 0.312. The van der Waals surface area contributed by atoms with E-state index in [0.29, 0.717) is 21.5 Å². The second kappa shape index (κ2) is 8.39. The average Bonchev–Trinajstić information content (AvgIpc) is 2.84. The topological polar surface area (TPSA) is 82.1 Å². The maximum atomic E-state index is 12.4. The molecule has 0 saturated carbocycles. The third-order valence-electron chi connectivity index (χ3n) is 3.26. The summed E-state index contributed by atoms with van der Waals surface area (Å²) in [6.45, 7) is 1.44. The van der Waals surface area contributed by atoms with E-state index >= 15 is 0 Å². The Morgan fingerprint density at radius 2 is 1.88 bits per heavy atom. The van der Waals surface area contributed by atoms with Crippen LogP contribution in [0.2, 0.25) is 0 Å². The molecule has 0 aromatic heterocycles. The first-order valence-electron chi connectivity index (χ1n) is 7.23. The van der Waals surface area contributed by atoms with E-state index in [1.807, 2.05) is 0 Å². The number of thioether (sulfide) groups is 1. The van der Waals surface area contributed by atoms with Crippen molar-refractivity contribution in [2.75, 3.05) is 27.4 Å². The highest BCUT2D eigenvalue weighted by atomic mass is 79.9. The van der Waals surface area contributed by atoms with Gasteiger partial charge >= 0.3 is 5.97 Å². The van der Waals surface area contributed by atoms with Crippen LogP contribution in [0.15, 0.2) is 21.5 Å². The molecule has 0 N–H and O–H groups in total. The molecule has 1 fully saturated rings. The number of nitrogens with zero attached hydrogens (tertiary/aromatic N) is 1. The smallest absolute Gasteiger partial charge is 0.326 e. The van der Waals surface area contributed by atoms with Crippen LogP contribution in [0.5, 0.6) is 11.5 Å². The molecule has 2 amide bonds. The van der Waals surface area contributed by atoms with Crippen LogP contribution in [0.25, 0.3) is 6.08 Å². The number of hydrogen-bond donors (Lipinski definition) is 0. The van der Waals surface area contributed by atoms with Crippen molar-refractivity contribution < 1.29 is 28.6 Å². The summed E-state index contributed by atoms with van der Waals surface area (Å²) in [6, 6.07) is 3.38. The highest BCUT2D eigenvalue weighted by molar-refractivity contribution is 9.10. The van der Waals surface area contributed by atoms with Gasteiger partial charge in [-0.05, 0) is 42.5 Å². The third kappa shape index (κ3) is 4.35. The lowest BCUT2D eigenvalue weighted by Crippen LogP contribution is -2.34. The number of hydrogen-bond acceptors (Lipinski definition) is 7. The van der Waals surface area contributed by atoms with Gasteiger partial charge in [-0.3, -0.25) is 19.3 Å². The Labute approximate surface area is 157 Å². The molecule has 1 aromatic rings. The van der Waals surface area contributed by atoms with Gasteiger partial charge in [0.2, 0.25) is 0 Å². The Bertz CT molecular complexity index is 748. The van der Waals surface area contributed by atoms with Gasteiger partial charge in [0.25, 0.3) is 11.1 Å². The summed E-state index contributed by atoms with van der Waals surface area (Å²) < 4.78 is 15.9. The number of imide groups is 1. The first kappa shape index (κ1) is 19.3. The van der Waals surface area contributed by atoms with Gasteiger partial charge in [0.15, 0.2) is 11.5 Å². The van der Waals surface area contributed by atoms with Gasteiger partial charge in [-0.2, -0.15) is 0 Å². The lowest BCUT2D eigenvalue weighted by molar-refractivity contribution is -0.145. The van der Waals surface area contributed by atoms with Gasteiger partial charge < -0.3 is 14.2 Å². The maximum Gasteiger partial charge on any atom is 0.326 e. The van der Waals surface area contributed by atoms with Crippen LogP contribution >= 0.6 is 27.7 Å². The lowest BCUT2D eigenvalue weighted by Gasteiger charge is -2.11. The molecular formula is C16H16BrNO6S. The van der Waals surface area contributed by atoms with E-state index in [2.05, 4.69) is 15.9 Å². The van der Waals surface area contributed by atoms with Crippen molar-refractivity contribution in [2.45, 2.75) is 6.92 Å². The standard InChI is InChI=1S/C16H16BrNO6S/c1-4-24-14(19)8-18-15(20)13(25-16(18)21)6-9-5-11(22-2)12(23-3)7-10(9)17/h5-7H,4,8H2,1-3H3/b13-6-. The summed E-state index contributed by atoms with van der Waals surface area (Å²) in [6.07, 6.45) is 1.56. The molecule has 0 unspecified atom stereocenters. The SMILES string of the molecule is CCOC(=O)CN1C(=O)S/C(=C\c2cc(OC)c(OC)cc2Br)C1=O. The number of amides is 2. The summed E-state index contributed by atoms with van der Waals surface area (Å²) in [5.74, 6) is -0.146. The molecule has 0 bridgehead atoms. The highest BCUT2D eigenvalue weighted by Gasteiger charge is 2.36. The number of ether oxygens (including phenoxy) is 3. The zero-order valence-electron chi connectivity index (χ0n) is 13.8. The Morgan fingerprint density at radius 1 is 1.24 bits per heavy atom. The Kier molecular flexibility index (Phi) is 6.49. The van der Waals surface area contributed by atoms with E-state index in [-0.39, 0.29) is 11.5 Å². The van der Waals surface area contributed by atoms with Gasteiger partial charge in [-0.1, -0.05) is 15.9 Å². The predicted octanol–water partition coefficient (Wildman–Crippen LogP) is 3.07. The zero-order valence-corrected chi connectivity index (χ0v) is 16.2. The molecule has 25 heavy (non-hydrogen) atoms. The molecule has 0 atom stereocenters. The van der Waals surface area contributed by atoms with Crippen molar-refractivity contribution in [1.29, 1.82) is 0 Å². The molecule has 1 aliphatic heterocycles. The number of esters is 1. The van der Waals surface area contributed by atoms with Crippen molar-refractivity contribution in [3.8, 4) is 11.5 Å². The molecule has 9 heteroatoms. The quantitative estimate of drug-likeness (QED) is 0.507. The van der Waals surface area contributed by atoms with Crippen LogP contribution < -0.4 is 9.47 Å². The number of rotatable bonds is 6. The molecule has 7 nitrogen and oxygen atoms in total. The first-order valence-corrected chi connectivity index (χ1v) is 8.84. The fourth-order valence-corrected chi connectivity index (χ4v) is 3.36. The Hall–Kier alpha value is -2.00. The molecule has 0 radical (unpaired) electrons. The summed E-state index contributed by atoms with van der Waals surface area (Å²) in [4.78, 5) is 37.0. The number of carbonyl (C=O) groups is 3. The third-order valence-corrected chi connectivity index (χ3v) is 4.85. The Morgan fingerprint density at radius 3 is 2.48 bits per heavy atom. The van der Waals surface area contributed by atoms with Crippen LogP contribution in [0.1, 0.15) is 12.5 Å². The highest BCUT2D eigenvalue weighted by Crippen LogP contribution is 2.37. The molecule has 0 spiro atoms. The molecule has 1 heterocycles. The van der Waals surface area contributed by atoms with E-state index in [1.165, 1.54) is 14.2 Å². The van der Waals surface area contributed by atoms with Crippen molar-refractivity contribution in [2.24, 2.45) is 0 Å². The van der Waals surface area contributed by atoms with E-state index in [4.69, 9.17) is 14.2 Å². The second-order valence-electron chi connectivity index (χ2n) is 4.80. The maximum absolute atomic E-state index is 12.4. The zero-order chi connectivity index (χ0) is 18.6.